The second kappa shape index (κ2) is 6.57. The van der Waals surface area contributed by atoms with Crippen molar-refractivity contribution in [1.82, 2.24) is 0 Å². The summed E-state index contributed by atoms with van der Waals surface area (Å²) in [5.41, 5.74) is 1.50. The molecule has 2 unspecified atom stereocenters. The quantitative estimate of drug-likeness (QED) is 0.515. The highest BCUT2D eigenvalue weighted by Gasteiger charge is 2.22. The number of hydrogen-bond acceptors (Lipinski definition) is 4. The van der Waals surface area contributed by atoms with Gasteiger partial charge in [-0.1, -0.05) is 5.16 Å². The molecule has 2 rings (SSSR count). The molecule has 1 aromatic carbocycles. The van der Waals surface area contributed by atoms with Crippen LogP contribution in [-0.2, 0) is 4.74 Å². The van der Waals surface area contributed by atoms with Crippen molar-refractivity contribution < 1.29 is 14.7 Å². The van der Waals surface area contributed by atoms with E-state index in [0.29, 0.717) is 11.8 Å². The van der Waals surface area contributed by atoms with E-state index in [9.17, 15) is 0 Å². The van der Waals surface area contributed by atoms with E-state index < -0.39 is 0 Å². The maximum Gasteiger partial charge on any atom is 0.119 e. The smallest absolute Gasteiger partial charge is 0.119 e. The lowest BCUT2D eigenvalue weighted by molar-refractivity contribution is 0.0210. The van der Waals surface area contributed by atoms with Crippen molar-refractivity contribution in [2.45, 2.75) is 44.8 Å². The minimum Gasteiger partial charge on any atom is -0.490 e. The molecule has 0 spiro atoms. The van der Waals surface area contributed by atoms with Crippen LogP contribution < -0.4 is 4.74 Å². The normalized spacial score (nSPS) is 24.2. The number of oxime groups is 1. The van der Waals surface area contributed by atoms with Gasteiger partial charge in [0.1, 0.15) is 11.9 Å². The maximum absolute atomic E-state index is 8.72. The molecule has 0 aromatic heterocycles. The predicted octanol–water partition coefficient (Wildman–Crippen LogP) is 3.22. The minimum absolute atomic E-state index is 0.233. The summed E-state index contributed by atoms with van der Waals surface area (Å²) in [5.74, 6) is 0.858. The summed E-state index contributed by atoms with van der Waals surface area (Å²) >= 11 is 0. The molecule has 0 aliphatic heterocycles. The fourth-order valence-electron chi connectivity index (χ4n) is 2.45. The van der Waals surface area contributed by atoms with E-state index >= 15 is 0 Å². The van der Waals surface area contributed by atoms with Crippen molar-refractivity contribution in [2.24, 2.45) is 5.16 Å². The van der Waals surface area contributed by atoms with Crippen LogP contribution in [0.2, 0.25) is 0 Å². The van der Waals surface area contributed by atoms with Crippen LogP contribution in [0.15, 0.2) is 29.4 Å². The molecule has 19 heavy (non-hydrogen) atoms. The van der Waals surface area contributed by atoms with Gasteiger partial charge in [0.15, 0.2) is 0 Å². The van der Waals surface area contributed by atoms with Gasteiger partial charge in [-0.15, -0.1) is 0 Å². The summed E-state index contributed by atoms with van der Waals surface area (Å²) in [6, 6.07) is 7.64. The van der Waals surface area contributed by atoms with E-state index in [2.05, 4.69) is 5.16 Å². The van der Waals surface area contributed by atoms with Gasteiger partial charge < -0.3 is 14.7 Å². The first-order valence-corrected chi connectivity index (χ1v) is 6.71. The van der Waals surface area contributed by atoms with E-state index in [1.165, 1.54) is 0 Å². The number of hydrogen-bond donors (Lipinski definition) is 1. The third-order valence-corrected chi connectivity index (χ3v) is 3.64. The number of rotatable bonds is 4. The molecule has 104 valence electrons. The lowest BCUT2D eigenvalue weighted by atomic mass is 9.95. The molecule has 1 N–H and O–H groups in total. The zero-order valence-corrected chi connectivity index (χ0v) is 11.5. The number of benzene rings is 1. The molecule has 1 fully saturated rings. The van der Waals surface area contributed by atoms with Gasteiger partial charge in [0.25, 0.3) is 0 Å². The number of nitrogens with zero attached hydrogens (tertiary/aromatic N) is 1. The molecule has 4 heteroatoms. The summed E-state index contributed by atoms with van der Waals surface area (Å²) in [6.07, 6.45) is 4.87. The molecule has 0 heterocycles. The summed E-state index contributed by atoms with van der Waals surface area (Å²) in [6.45, 7) is 1.76. The van der Waals surface area contributed by atoms with Crippen molar-refractivity contribution in [3.63, 3.8) is 0 Å². The average Bonchev–Trinajstić information content (AvgIpc) is 2.47. The Morgan fingerprint density at radius 1 is 1.21 bits per heavy atom. The molecular formula is C15H21NO3. The van der Waals surface area contributed by atoms with Gasteiger partial charge in [-0.3, -0.25) is 0 Å². The Labute approximate surface area is 114 Å². The van der Waals surface area contributed by atoms with Crippen LogP contribution in [0.5, 0.6) is 5.75 Å². The topological polar surface area (TPSA) is 51.0 Å². The Hall–Kier alpha value is -1.55. The van der Waals surface area contributed by atoms with Gasteiger partial charge in [-0.25, -0.2) is 0 Å². The molecule has 1 aromatic rings. The van der Waals surface area contributed by atoms with Crippen LogP contribution in [0.4, 0.5) is 0 Å². The van der Waals surface area contributed by atoms with Gasteiger partial charge >= 0.3 is 0 Å². The first kappa shape index (κ1) is 13.9. The zero-order chi connectivity index (χ0) is 13.7. The van der Waals surface area contributed by atoms with Crippen LogP contribution >= 0.6 is 0 Å². The molecule has 1 aliphatic rings. The van der Waals surface area contributed by atoms with E-state index in [0.717, 1.165) is 37.0 Å². The molecule has 1 saturated carbocycles. The largest absolute Gasteiger partial charge is 0.490 e. The minimum atomic E-state index is 0.233. The van der Waals surface area contributed by atoms with Gasteiger partial charge in [-0.05, 0) is 56.0 Å². The Balaban J connectivity index is 1.96. The Bertz CT molecular complexity index is 428. The Morgan fingerprint density at radius 3 is 2.53 bits per heavy atom. The monoisotopic (exact) mass is 263 g/mol. The summed E-state index contributed by atoms with van der Waals surface area (Å²) in [5, 5.41) is 11.9. The SMILES string of the molecule is COC1CCCC(Oc2ccc(C(C)=NO)cc2)C1. The van der Waals surface area contributed by atoms with E-state index in [1.807, 2.05) is 24.3 Å². The second-order valence-corrected chi connectivity index (χ2v) is 4.97. The highest BCUT2D eigenvalue weighted by atomic mass is 16.5. The van der Waals surface area contributed by atoms with E-state index in [4.69, 9.17) is 14.7 Å². The van der Waals surface area contributed by atoms with Crippen LogP contribution in [0.1, 0.15) is 38.2 Å². The highest BCUT2D eigenvalue weighted by Crippen LogP contribution is 2.25. The molecular weight excluding hydrogens is 242 g/mol. The summed E-state index contributed by atoms with van der Waals surface area (Å²) < 4.78 is 11.4. The fourth-order valence-corrected chi connectivity index (χ4v) is 2.45. The average molecular weight is 263 g/mol. The molecule has 0 radical (unpaired) electrons. The fraction of sp³-hybridized carbons (Fsp3) is 0.533. The first-order valence-electron chi connectivity index (χ1n) is 6.71. The van der Waals surface area contributed by atoms with Crippen molar-refractivity contribution >= 4 is 5.71 Å². The van der Waals surface area contributed by atoms with Crippen LogP contribution in [0.25, 0.3) is 0 Å². The van der Waals surface area contributed by atoms with E-state index in [1.54, 1.807) is 14.0 Å². The molecule has 0 bridgehead atoms. The second-order valence-electron chi connectivity index (χ2n) is 4.97. The van der Waals surface area contributed by atoms with Gasteiger partial charge in [0.05, 0.1) is 11.8 Å². The first-order chi connectivity index (χ1) is 9.22. The number of ether oxygens (including phenoxy) is 2. The van der Waals surface area contributed by atoms with Crippen molar-refractivity contribution in [2.75, 3.05) is 7.11 Å². The standard InChI is InChI=1S/C15H21NO3/c1-11(16-17)12-6-8-13(9-7-12)19-15-5-3-4-14(10-15)18-2/h6-9,14-15,17H,3-5,10H2,1-2H3. The van der Waals surface area contributed by atoms with Crippen LogP contribution in [0.3, 0.4) is 0 Å². The van der Waals surface area contributed by atoms with Crippen molar-refractivity contribution in [1.29, 1.82) is 0 Å². The summed E-state index contributed by atoms with van der Waals surface area (Å²) in [4.78, 5) is 0. The summed E-state index contributed by atoms with van der Waals surface area (Å²) in [7, 11) is 1.76. The van der Waals surface area contributed by atoms with Gasteiger partial charge in [0.2, 0.25) is 0 Å². The molecule has 2 atom stereocenters. The molecule has 0 saturated heterocycles. The van der Waals surface area contributed by atoms with E-state index in [-0.39, 0.29) is 6.10 Å². The van der Waals surface area contributed by atoms with Crippen molar-refractivity contribution in [3.05, 3.63) is 29.8 Å². The maximum atomic E-state index is 8.72. The third-order valence-electron chi connectivity index (χ3n) is 3.64. The van der Waals surface area contributed by atoms with Crippen LogP contribution in [0, 0.1) is 0 Å². The zero-order valence-electron chi connectivity index (χ0n) is 11.5. The Morgan fingerprint density at radius 2 is 1.89 bits per heavy atom. The lowest BCUT2D eigenvalue weighted by Crippen LogP contribution is -2.29. The highest BCUT2D eigenvalue weighted by molar-refractivity contribution is 5.98. The van der Waals surface area contributed by atoms with Crippen molar-refractivity contribution in [3.8, 4) is 5.75 Å². The van der Waals surface area contributed by atoms with Gasteiger partial charge in [0, 0.05) is 13.5 Å². The number of methoxy groups -OCH3 is 1. The lowest BCUT2D eigenvalue weighted by Gasteiger charge is -2.28. The van der Waals surface area contributed by atoms with Crippen LogP contribution in [-0.4, -0.2) is 30.2 Å². The Kier molecular flexibility index (Phi) is 4.80. The van der Waals surface area contributed by atoms with Gasteiger partial charge in [-0.2, -0.15) is 0 Å². The third kappa shape index (κ3) is 3.70. The predicted molar refractivity (Wildman–Crippen MR) is 74.1 cm³/mol. The molecule has 0 amide bonds. The molecule has 4 nitrogen and oxygen atoms in total. The molecule has 1 aliphatic carbocycles.